The third kappa shape index (κ3) is 3.43. The van der Waals surface area contributed by atoms with Crippen molar-refractivity contribution in [3.05, 3.63) is 50.7 Å². The smallest absolute Gasteiger partial charge is 0.250 e. The van der Waals surface area contributed by atoms with Crippen LogP contribution in [-0.4, -0.2) is 29.8 Å². The van der Waals surface area contributed by atoms with E-state index < -0.39 is 25.9 Å². The van der Waals surface area contributed by atoms with E-state index in [1.54, 1.807) is 33.8 Å². The molecule has 8 nitrogen and oxygen atoms in total. The molecule has 1 aromatic carbocycles. The second-order valence-electron chi connectivity index (χ2n) is 6.92. The number of nitrogens with one attached hydrogen (secondary N) is 1. The van der Waals surface area contributed by atoms with E-state index in [-0.39, 0.29) is 16.5 Å². The Morgan fingerprint density at radius 2 is 2.00 bits per heavy atom. The van der Waals surface area contributed by atoms with Gasteiger partial charge in [0.1, 0.15) is 16.0 Å². The molecular weight excluding hydrogens is 438 g/mol. The van der Waals surface area contributed by atoms with Crippen LogP contribution in [0.5, 0.6) is 5.75 Å². The van der Waals surface area contributed by atoms with Gasteiger partial charge in [-0.2, -0.15) is 0 Å². The molecule has 1 amide bonds. The quantitative estimate of drug-likeness (QED) is 0.641. The summed E-state index contributed by atoms with van der Waals surface area (Å²) in [6, 6.07) is 1.72. The van der Waals surface area contributed by atoms with Crippen molar-refractivity contribution in [2.75, 3.05) is 5.32 Å². The van der Waals surface area contributed by atoms with E-state index in [0.717, 1.165) is 11.8 Å². The summed E-state index contributed by atoms with van der Waals surface area (Å²) in [5.41, 5.74) is 2.49. The first-order valence-electron chi connectivity index (χ1n) is 8.50. The van der Waals surface area contributed by atoms with Crippen LogP contribution in [0.25, 0.3) is 0 Å². The largest absolute Gasteiger partial charge is 0.507 e. The SMILES string of the molecule is Cc1cc(C)c(NC(=O)C2(c3onc(C)c3Cl)SC=CC2S(N)(=O)=O)c(C)c1O. The summed E-state index contributed by atoms with van der Waals surface area (Å²) in [5, 5.41) is 22.3. The van der Waals surface area contributed by atoms with Crippen molar-refractivity contribution in [1.29, 1.82) is 0 Å². The Kier molecular flexibility index (Phi) is 5.50. The predicted molar refractivity (Wildman–Crippen MR) is 113 cm³/mol. The molecule has 2 atom stereocenters. The maximum absolute atomic E-state index is 13.5. The molecule has 4 N–H and O–H groups in total. The number of phenols is 1. The number of hydrogen-bond acceptors (Lipinski definition) is 7. The Hall–Kier alpha value is -2.01. The summed E-state index contributed by atoms with van der Waals surface area (Å²) in [7, 11) is -4.20. The lowest BCUT2D eigenvalue weighted by Gasteiger charge is -2.30. The molecule has 2 aromatic rings. The minimum Gasteiger partial charge on any atom is -0.507 e. The van der Waals surface area contributed by atoms with Crippen molar-refractivity contribution < 1.29 is 22.8 Å². The van der Waals surface area contributed by atoms with Gasteiger partial charge in [-0.3, -0.25) is 4.79 Å². The fraction of sp³-hybridized carbons (Fsp3) is 0.333. The fourth-order valence-electron chi connectivity index (χ4n) is 3.39. The van der Waals surface area contributed by atoms with Crippen LogP contribution in [-0.2, 0) is 19.6 Å². The minimum absolute atomic E-state index is 0.0358. The van der Waals surface area contributed by atoms with Gasteiger partial charge in [-0.25, -0.2) is 13.6 Å². The number of amides is 1. The monoisotopic (exact) mass is 457 g/mol. The summed E-state index contributed by atoms with van der Waals surface area (Å²) in [6.45, 7) is 6.74. The Labute approximate surface area is 177 Å². The van der Waals surface area contributed by atoms with Crippen molar-refractivity contribution >= 4 is 45.0 Å². The van der Waals surface area contributed by atoms with Crippen LogP contribution in [0.15, 0.2) is 22.1 Å². The van der Waals surface area contributed by atoms with Crippen LogP contribution in [0.2, 0.25) is 5.02 Å². The van der Waals surface area contributed by atoms with Crippen molar-refractivity contribution in [1.82, 2.24) is 5.16 Å². The van der Waals surface area contributed by atoms with E-state index in [2.05, 4.69) is 10.5 Å². The minimum atomic E-state index is -4.20. The highest BCUT2D eigenvalue weighted by Gasteiger charge is 2.58. The topological polar surface area (TPSA) is 136 Å². The number of nitrogens with zero attached hydrogens (tertiary/aromatic N) is 1. The Morgan fingerprint density at radius 3 is 2.55 bits per heavy atom. The van der Waals surface area contributed by atoms with Gasteiger partial charge in [0.2, 0.25) is 10.0 Å². The molecule has 2 heterocycles. The zero-order chi connectivity index (χ0) is 21.7. The number of rotatable bonds is 4. The van der Waals surface area contributed by atoms with Crippen LogP contribution < -0.4 is 10.5 Å². The second kappa shape index (κ2) is 7.35. The standard InChI is InChI=1S/C18H20ClN3O5S2/c1-8-7-9(2)15(23)10(3)14(8)21-17(24)18(16-13(19)11(4)22-27-16)12(5-6-28-18)29(20,25)26/h5-7,12,23H,1-4H3,(H,21,24)(H2,20,25,26). The highest BCUT2D eigenvalue weighted by atomic mass is 35.5. The van der Waals surface area contributed by atoms with Gasteiger partial charge < -0.3 is 14.9 Å². The summed E-state index contributed by atoms with van der Waals surface area (Å²) >= 11 is 7.22. The average molecular weight is 458 g/mol. The summed E-state index contributed by atoms with van der Waals surface area (Å²) in [4.78, 5) is 13.5. The van der Waals surface area contributed by atoms with Gasteiger partial charge in [0.15, 0.2) is 10.5 Å². The van der Waals surface area contributed by atoms with Gasteiger partial charge in [0, 0.05) is 5.56 Å². The van der Waals surface area contributed by atoms with Gasteiger partial charge in [0.25, 0.3) is 5.91 Å². The molecular formula is C18H20ClN3O5S2. The van der Waals surface area contributed by atoms with Crippen LogP contribution in [0, 0.1) is 27.7 Å². The average Bonchev–Trinajstić information content (AvgIpc) is 3.22. The van der Waals surface area contributed by atoms with E-state index >= 15 is 0 Å². The molecule has 0 radical (unpaired) electrons. The predicted octanol–water partition coefficient (Wildman–Crippen LogP) is 3.02. The number of aromatic hydroxyl groups is 1. The number of primary sulfonamides is 1. The van der Waals surface area contributed by atoms with E-state index in [0.29, 0.717) is 28.1 Å². The van der Waals surface area contributed by atoms with E-state index in [1.807, 2.05) is 0 Å². The van der Waals surface area contributed by atoms with E-state index in [1.165, 1.54) is 11.5 Å². The number of sulfonamides is 1. The zero-order valence-electron chi connectivity index (χ0n) is 16.1. The zero-order valence-corrected chi connectivity index (χ0v) is 18.5. The molecule has 2 unspecified atom stereocenters. The molecule has 0 fully saturated rings. The van der Waals surface area contributed by atoms with Crippen molar-refractivity contribution in [3.8, 4) is 5.75 Å². The van der Waals surface area contributed by atoms with Crippen molar-refractivity contribution in [3.63, 3.8) is 0 Å². The van der Waals surface area contributed by atoms with E-state index in [4.69, 9.17) is 21.3 Å². The van der Waals surface area contributed by atoms with Gasteiger partial charge in [-0.1, -0.05) is 28.9 Å². The first-order chi connectivity index (χ1) is 13.4. The molecule has 0 bridgehead atoms. The number of phenolic OH excluding ortho intramolecular Hbond substituents is 1. The highest BCUT2D eigenvalue weighted by molar-refractivity contribution is 8.05. The maximum atomic E-state index is 13.5. The van der Waals surface area contributed by atoms with Crippen LogP contribution in [0.4, 0.5) is 5.69 Å². The molecule has 0 spiro atoms. The molecule has 11 heteroatoms. The van der Waals surface area contributed by atoms with Crippen molar-refractivity contribution in [2.45, 2.75) is 37.7 Å². The van der Waals surface area contributed by atoms with Gasteiger partial charge in [-0.15, -0.1) is 11.8 Å². The number of thioether (sulfide) groups is 1. The number of hydrogen-bond donors (Lipinski definition) is 3. The molecule has 29 heavy (non-hydrogen) atoms. The normalized spacial score (nSPS) is 21.5. The first kappa shape index (κ1) is 21.7. The Bertz CT molecular complexity index is 1140. The molecule has 3 rings (SSSR count). The number of carbonyl (C=O) groups is 1. The molecule has 1 aromatic heterocycles. The van der Waals surface area contributed by atoms with Crippen LogP contribution in [0.3, 0.4) is 0 Å². The first-order valence-corrected chi connectivity index (χ1v) is 11.4. The lowest BCUT2D eigenvalue weighted by Crippen LogP contribution is -2.49. The van der Waals surface area contributed by atoms with Gasteiger partial charge >= 0.3 is 0 Å². The number of halogens is 1. The second-order valence-corrected chi connectivity index (χ2v) is 10.1. The van der Waals surface area contributed by atoms with E-state index in [9.17, 15) is 18.3 Å². The summed E-state index contributed by atoms with van der Waals surface area (Å²) in [6.07, 6.45) is 1.32. The third-order valence-electron chi connectivity index (χ3n) is 4.90. The maximum Gasteiger partial charge on any atom is 0.250 e. The number of nitrogens with two attached hydrogens (primary N) is 1. The molecule has 156 valence electrons. The summed E-state index contributed by atoms with van der Waals surface area (Å²) in [5.74, 6) is -0.775. The van der Waals surface area contributed by atoms with Gasteiger partial charge in [0.05, 0.1) is 11.4 Å². The lowest BCUT2D eigenvalue weighted by atomic mass is 9.97. The van der Waals surface area contributed by atoms with Crippen LogP contribution >= 0.6 is 23.4 Å². The number of carbonyl (C=O) groups excluding carboxylic acids is 1. The number of aryl methyl sites for hydroxylation is 3. The molecule has 0 saturated heterocycles. The number of anilines is 1. The highest BCUT2D eigenvalue weighted by Crippen LogP contribution is 2.51. The number of aromatic nitrogens is 1. The molecule has 1 aliphatic heterocycles. The van der Waals surface area contributed by atoms with Gasteiger partial charge in [-0.05, 0) is 44.2 Å². The third-order valence-corrected chi connectivity index (χ3v) is 8.00. The fourth-order valence-corrected chi connectivity index (χ4v) is 6.38. The van der Waals surface area contributed by atoms with Crippen LogP contribution in [0.1, 0.15) is 28.1 Å². The molecule has 0 saturated carbocycles. The molecule has 0 aliphatic carbocycles. The number of benzene rings is 1. The van der Waals surface area contributed by atoms with Crippen molar-refractivity contribution in [2.24, 2.45) is 5.14 Å². The lowest BCUT2D eigenvalue weighted by molar-refractivity contribution is -0.118. The Balaban J connectivity index is 2.18. The summed E-state index contributed by atoms with van der Waals surface area (Å²) < 4.78 is 28.1. The Morgan fingerprint density at radius 1 is 1.34 bits per heavy atom. The molecule has 1 aliphatic rings.